The fourth-order valence-electron chi connectivity index (χ4n) is 3.48. The third kappa shape index (κ3) is 2.34. The number of anilines is 1. The minimum Gasteiger partial charge on any atom is -0.455 e. The van der Waals surface area contributed by atoms with Gasteiger partial charge in [-0.2, -0.15) is 0 Å². The highest BCUT2D eigenvalue weighted by molar-refractivity contribution is 6.30. The van der Waals surface area contributed by atoms with Gasteiger partial charge in [-0.3, -0.25) is 0 Å². The summed E-state index contributed by atoms with van der Waals surface area (Å²) >= 11 is 6.26. The van der Waals surface area contributed by atoms with Crippen LogP contribution in [-0.2, 0) is 0 Å². The largest absolute Gasteiger partial charge is 0.455 e. The van der Waals surface area contributed by atoms with Crippen LogP contribution in [0.1, 0.15) is 18.0 Å². The summed E-state index contributed by atoms with van der Waals surface area (Å²) in [7, 11) is 2.19. The van der Waals surface area contributed by atoms with Crippen LogP contribution >= 0.6 is 11.6 Å². The fraction of sp³-hybridized carbons (Fsp3) is 0.333. The highest BCUT2D eigenvalue weighted by atomic mass is 35.5. The van der Waals surface area contributed by atoms with Gasteiger partial charge in [-0.15, -0.1) is 0 Å². The Balaban J connectivity index is 1.91. The maximum atomic E-state index is 6.26. The van der Waals surface area contributed by atoms with E-state index in [9.17, 15) is 0 Å². The molecule has 0 bridgehead atoms. The average molecular weight is 315 g/mol. The molecule has 3 nitrogen and oxygen atoms in total. The van der Waals surface area contributed by atoms with E-state index in [1.807, 2.05) is 24.3 Å². The van der Waals surface area contributed by atoms with Crippen molar-refractivity contribution < 1.29 is 4.74 Å². The van der Waals surface area contributed by atoms with Crippen molar-refractivity contribution in [3.05, 3.63) is 53.1 Å². The Hall–Kier alpha value is -1.71. The Kier molecular flexibility index (Phi) is 3.47. The fourth-order valence-corrected chi connectivity index (χ4v) is 3.66. The molecule has 114 valence electrons. The van der Waals surface area contributed by atoms with E-state index in [2.05, 4.69) is 35.0 Å². The first-order valence-corrected chi connectivity index (χ1v) is 8.12. The van der Waals surface area contributed by atoms with Crippen molar-refractivity contribution in [2.45, 2.75) is 12.5 Å². The van der Waals surface area contributed by atoms with Crippen LogP contribution in [0.2, 0.25) is 5.02 Å². The first-order chi connectivity index (χ1) is 10.7. The predicted molar refractivity (Wildman–Crippen MR) is 90.2 cm³/mol. The van der Waals surface area contributed by atoms with Crippen molar-refractivity contribution >= 4 is 17.3 Å². The van der Waals surface area contributed by atoms with E-state index in [-0.39, 0.29) is 6.04 Å². The molecule has 2 heterocycles. The molecule has 4 heteroatoms. The highest BCUT2D eigenvalue weighted by Crippen LogP contribution is 2.45. The molecular formula is C18H19ClN2O. The Morgan fingerprint density at radius 1 is 1.09 bits per heavy atom. The number of benzene rings is 2. The van der Waals surface area contributed by atoms with E-state index < -0.39 is 0 Å². The van der Waals surface area contributed by atoms with Crippen molar-refractivity contribution in [2.75, 3.05) is 31.6 Å². The van der Waals surface area contributed by atoms with E-state index in [0.29, 0.717) is 0 Å². The molecule has 1 unspecified atom stereocenters. The lowest BCUT2D eigenvalue weighted by atomic mass is 10.0. The quantitative estimate of drug-likeness (QED) is 0.720. The monoisotopic (exact) mass is 314 g/mol. The summed E-state index contributed by atoms with van der Waals surface area (Å²) in [6, 6.07) is 14.5. The van der Waals surface area contributed by atoms with Crippen LogP contribution in [0.3, 0.4) is 0 Å². The summed E-state index contributed by atoms with van der Waals surface area (Å²) in [5, 5.41) is 0.764. The van der Waals surface area contributed by atoms with Crippen molar-refractivity contribution in [2.24, 2.45) is 0 Å². The first-order valence-electron chi connectivity index (χ1n) is 7.74. The molecule has 2 aliphatic heterocycles. The van der Waals surface area contributed by atoms with Crippen LogP contribution in [0.5, 0.6) is 11.5 Å². The Bertz CT molecular complexity index is 703. The third-order valence-electron chi connectivity index (χ3n) is 4.53. The molecule has 0 spiro atoms. The molecule has 1 atom stereocenters. The van der Waals surface area contributed by atoms with Gasteiger partial charge in [0.25, 0.3) is 0 Å². The van der Waals surface area contributed by atoms with Crippen LogP contribution in [-0.4, -0.2) is 31.6 Å². The maximum Gasteiger partial charge on any atom is 0.150 e. The third-order valence-corrected chi connectivity index (χ3v) is 4.76. The van der Waals surface area contributed by atoms with Crippen LogP contribution in [0.15, 0.2) is 42.5 Å². The SMILES string of the molecule is CN1CCCN2c3ccccc3Oc3ccc(Cl)cc3C2C1. The van der Waals surface area contributed by atoms with Gasteiger partial charge in [0.15, 0.2) is 5.75 Å². The van der Waals surface area contributed by atoms with Crippen molar-refractivity contribution in [3.8, 4) is 11.5 Å². The zero-order valence-electron chi connectivity index (χ0n) is 12.6. The maximum absolute atomic E-state index is 6.26. The molecule has 0 aromatic heterocycles. The molecule has 1 saturated heterocycles. The van der Waals surface area contributed by atoms with Crippen LogP contribution in [0, 0.1) is 0 Å². The molecule has 2 aromatic rings. The molecule has 2 aromatic carbocycles. The van der Waals surface area contributed by atoms with Gasteiger partial charge in [0.1, 0.15) is 5.75 Å². The summed E-state index contributed by atoms with van der Waals surface area (Å²) < 4.78 is 6.21. The highest BCUT2D eigenvalue weighted by Gasteiger charge is 2.32. The standard InChI is InChI=1S/C18H19ClN2O/c1-20-9-4-10-21-15-5-2-3-6-18(15)22-17-8-7-13(19)11-14(17)16(21)12-20/h2-3,5-8,11,16H,4,9-10,12H2,1H3. The lowest BCUT2D eigenvalue weighted by molar-refractivity contribution is 0.332. The lowest BCUT2D eigenvalue weighted by Crippen LogP contribution is -2.32. The molecule has 4 rings (SSSR count). The first kappa shape index (κ1) is 13.9. The number of para-hydroxylation sites is 2. The molecule has 2 aliphatic rings. The second-order valence-corrected chi connectivity index (χ2v) is 6.51. The zero-order chi connectivity index (χ0) is 15.1. The summed E-state index contributed by atoms with van der Waals surface area (Å²) in [5.41, 5.74) is 2.35. The normalized spacial score (nSPS) is 21.0. The minimum atomic E-state index is 0.268. The van der Waals surface area contributed by atoms with Gasteiger partial charge >= 0.3 is 0 Å². The molecule has 22 heavy (non-hydrogen) atoms. The van der Waals surface area contributed by atoms with Gasteiger partial charge in [0, 0.05) is 23.7 Å². The molecule has 0 aliphatic carbocycles. The number of rotatable bonds is 0. The van der Waals surface area contributed by atoms with Gasteiger partial charge < -0.3 is 14.5 Å². The number of fused-ring (bicyclic) bond motifs is 5. The Labute approximate surface area is 136 Å². The zero-order valence-corrected chi connectivity index (χ0v) is 13.4. The molecule has 1 fully saturated rings. The Morgan fingerprint density at radius 3 is 2.86 bits per heavy atom. The minimum absolute atomic E-state index is 0.268. The number of nitrogens with zero attached hydrogens (tertiary/aromatic N) is 2. The van der Waals surface area contributed by atoms with Crippen LogP contribution in [0.4, 0.5) is 5.69 Å². The van der Waals surface area contributed by atoms with Gasteiger partial charge in [-0.05, 0) is 50.3 Å². The summed E-state index contributed by atoms with van der Waals surface area (Å²) in [5.74, 6) is 1.85. The number of hydrogen-bond donors (Lipinski definition) is 0. The number of hydrogen-bond acceptors (Lipinski definition) is 3. The van der Waals surface area contributed by atoms with Crippen molar-refractivity contribution in [1.29, 1.82) is 0 Å². The number of ether oxygens (including phenoxy) is 1. The summed E-state index contributed by atoms with van der Waals surface area (Å²) in [4.78, 5) is 4.87. The lowest BCUT2D eigenvalue weighted by Gasteiger charge is -2.31. The van der Waals surface area contributed by atoms with E-state index >= 15 is 0 Å². The second kappa shape index (κ2) is 5.49. The number of likely N-dealkylation sites (N-methyl/N-ethyl adjacent to an activating group) is 1. The predicted octanol–water partition coefficient (Wildman–Crippen LogP) is 4.33. The Morgan fingerprint density at radius 2 is 1.95 bits per heavy atom. The van der Waals surface area contributed by atoms with E-state index in [1.54, 1.807) is 0 Å². The molecule has 0 amide bonds. The van der Waals surface area contributed by atoms with Gasteiger partial charge in [-0.25, -0.2) is 0 Å². The topological polar surface area (TPSA) is 15.7 Å². The van der Waals surface area contributed by atoms with Crippen molar-refractivity contribution in [3.63, 3.8) is 0 Å². The number of halogens is 1. The molecule has 0 radical (unpaired) electrons. The van der Waals surface area contributed by atoms with Crippen molar-refractivity contribution in [1.82, 2.24) is 4.90 Å². The van der Waals surface area contributed by atoms with E-state index in [4.69, 9.17) is 16.3 Å². The smallest absolute Gasteiger partial charge is 0.150 e. The molecular weight excluding hydrogens is 296 g/mol. The van der Waals surface area contributed by atoms with Gasteiger partial charge in [0.05, 0.1) is 11.7 Å². The summed E-state index contributed by atoms with van der Waals surface area (Å²) in [6.45, 7) is 3.12. The van der Waals surface area contributed by atoms with Crippen LogP contribution < -0.4 is 9.64 Å². The molecule has 0 saturated carbocycles. The van der Waals surface area contributed by atoms with Crippen LogP contribution in [0.25, 0.3) is 0 Å². The van der Waals surface area contributed by atoms with Gasteiger partial charge in [0.2, 0.25) is 0 Å². The molecule has 0 N–H and O–H groups in total. The average Bonchev–Trinajstić information content (AvgIpc) is 2.77. The van der Waals surface area contributed by atoms with Gasteiger partial charge in [-0.1, -0.05) is 23.7 Å². The van der Waals surface area contributed by atoms with E-state index in [1.165, 1.54) is 11.3 Å². The van der Waals surface area contributed by atoms with E-state index in [0.717, 1.165) is 42.6 Å². The summed E-state index contributed by atoms with van der Waals surface area (Å²) in [6.07, 6.45) is 1.15. The second-order valence-electron chi connectivity index (χ2n) is 6.08.